The smallest absolute Gasteiger partial charge is 0.248 e. The van der Waals surface area contributed by atoms with E-state index in [0.717, 1.165) is 57.7 Å². The molecule has 1 aliphatic heterocycles. The van der Waals surface area contributed by atoms with Gasteiger partial charge in [0.2, 0.25) is 5.91 Å². The van der Waals surface area contributed by atoms with Crippen LogP contribution in [0.25, 0.3) is 0 Å². The summed E-state index contributed by atoms with van der Waals surface area (Å²) >= 11 is 0. The molecule has 1 amide bonds. The third kappa shape index (κ3) is 4.15. The molecule has 1 heterocycles. The summed E-state index contributed by atoms with van der Waals surface area (Å²) in [7, 11) is 1.81. The van der Waals surface area contributed by atoms with Crippen molar-refractivity contribution < 1.29 is 14.3 Å². The Morgan fingerprint density at radius 3 is 2.47 bits per heavy atom. The minimum atomic E-state index is -0.388. The van der Waals surface area contributed by atoms with Crippen LogP contribution in [0.3, 0.4) is 0 Å². The summed E-state index contributed by atoms with van der Waals surface area (Å²) < 4.78 is 12.1. The number of piperidine rings is 1. The summed E-state index contributed by atoms with van der Waals surface area (Å²) in [6.07, 6.45) is 3.24. The Hall–Kier alpha value is -2.21. The van der Waals surface area contributed by atoms with Gasteiger partial charge in [-0.2, -0.15) is 0 Å². The number of fused-ring (bicyclic) bond motifs is 2. The molecule has 5 nitrogen and oxygen atoms in total. The summed E-state index contributed by atoms with van der Waals surface area (Å²) in [6.45, 7) is 4.44. The standard InChI is InChI=1S/C25H32N2O3/c1-29-25(21-9-5-8-20(16-21)24(26)28)22-10-11-23(25)18-27(17-22)13-15-30-14-12-19-6-3-2-4-7-19/h2-9,16,22-23H,10-15,17-18H2,1H3,(H2,26,28). The van der Waals surface area contributed by atoms with E-state index < -0.39 is 0 Å². The molecule has 2 aromatic carbocycles. The van der Waals surface area contributed by atoms with Crippen molar-refractivity contribution in [3.05, 3.63) is 71.3 Å². The first-order valence-corrected chi connectivity index (χ1v) is 10.9. The lowest BCUT2D eigenvalue weighted by atomic mass is 9.74. The first-order valence-electron chi connectivity index (χ1n) is 10.9. The van der Waals surface area contributed by atoms with Crippen LogP contribution >= 0.6 is 0 Å². The maximum Gasteiger partial charge on any atom is 0.248 e. The number of benzene rings is 2. The van der Waals surface area contributed by atoms with Crippen molar-refractivity contribution in [3.63, 3.8) is 0 Å². The molecule has 2 aliphatic rings. The van der Waals surface area contributed by atoms with Crippen LogP contribution in [0, 0.1) is 11.8 Å². The largest absolute Gasteiger partial charge is 0.380 e. The molecular formula is C25H32N2O3. The Morgan fingerprint density at radius 1 is 1.07 bits per heavy atom. The SMILES string of the molecule is COC1(c2cccc(C(N)=O)c2)C2CCC1CN(CCOCCc1ccccc1)C2. The molecule has 1 saturated heterocycles. The summed E-state index contributed by atoms with van der Waals surface area (Å²) in [5, 5.41) is 0. The molecule has 5 heteroatoms. The lowest BCUT2D eigenvalue weighted by molar-refractivity contribution is -0.120. The molecule has 4 rings (SSSR count). The highest BCUT2D eigenvalue weighted by atomic mass is 16.5. The van der Waals surface area contributed by atoms with Crippen LogP contribution in [0.2, 0.25) is 0 Å². The number of nitrogens with two attached hydrogens (primary N) is 1. The molecule has 0 radical (unpaired) electrons. The van der Waals surface area contributed by atoms with Gasteiger partial charge in [-0.15, -0.1) is 0 Å². The molecular weight excluding hydrogens is 376 g/mol. The van der Waals surface area contributed by atoms with Crippen LogP contribution in [0.5, 0.6) is 0 Å². The fourth-order valence-corrected chi connectivity index (χ4v) is 5.47. The maximum atomic E-state index is 11.7. The predicted octanol–water partition coefficient (Wildman–Crippen LogP) is 3.23. The molecule has 2 unspecified atom stereocenters. The second kappa shape index (κ2) is 9.29. The van der Waals surface area contributed by atoms with E-state index >= 15 is 0 Å². The lowest BCUT2D eigenvalue weighted by Crippen LogP contribution is -2.53. The van der Waals surface area contributed by atoms with Crippen LogP contribution in [0.15, 0.2) is 54.6 Å². The molecule has 2 atom stereocenters. The van der Waals surface area contributed by atoms with Gasteiger partial charge in [-0.3, -0.25) is 4.79 Å². The molecule has 1 saturated carbocycles. The van der Waals surface area contributed by atoms with E-state index in [1.807, 2.05) is 25.3 Å². The van der Waals surface area contributed by atoms with Gasteiger partial charge in [0.1, 0.15) is 5.60 Å². The number of ether oxygens (including phenoxy) is 2. The summed E-state index contributed by atoms with van der Waals surface area (Å²) in [4.78, 5) is 14.2. The fraction of sp³-hybridized carbons (Fsp3) is 0.480. The van der Waals surface area contributed by atoms with Crippen molar-refractivity contribution in [2.24, 2.45) is 17.6 Å². The van der Waals surface area contributed by atoms with Gasteiger partial charge in [0.15, 0.2) is 0 Å². The van der Waals surface area contributed by atoms with Crippen LogP contribution in [0.1, 0.15) is 34.3 Å². The molecule has 30 heavy (non-hydrogen) atoms. The topological polar surface area (TPSA) is 64.8 Å². The number of primary amides is 1. The molecule has 0 spiro atoms. The summed E-state index contributed by atoms with van der Waals surface area (Å²) in [5.74, 6) is 0.433. The van der Waals surface area contributed by atoms with Gasteiger partial charge in [-0.1, -0.05) is 42.5 Å². The van der Waals surface area contributed by atoms with E-state index in [2.05, 4.69) is 35.2 Å². The molecule has 1 aliphatic carbocycles. The zero-order chi connectivity index (χ0) is 21.0. The number of hydrogen-bond donors (Lipinski definition) is 1. The van der Waals surface area contributed by atoms with E-state index in [4.69, 9.17) is 15.2 Å². The highest BCUT2D eigenvalue weighted by Crippen LogP contribution is 2.53. The average Bonchev–Trinajstić information content (AvgIpc) is 2.97. The van der Waals surface area contributed by atoms with Gasteiger partial charge in [0, 0.05) is 44.1 Å². The van der Waals surface area contributed by atoms with Gasteiger partial charge in [0.05, 0.1) is 13.2 Å². The van der Waals surface area contributed by atoms with Crippen LogP contribution < -0.4 is 5.73 Å². The zero-order valence-corrected chi connectivity index (χ0v) is 17.8. The number of amides is 1. The number of rotatable bonds is 9. The number of methoxy groups -OCH3 is 1. The number of likely N-dealkylation sites (tertiary alicyclic amines) is 1. The fourth-order valence-electron chi connectivity index (χ4n) is 5.47. The van der Waals surface area contributed by atoms with Crippen molar-refractivity contribution in [2.45, 2.75) is 24.9 Å². The zero-order valence-electron chi connectivity index (χ0n) is 17.8. The van der Waals surface area contributed by atoms with Crippen LogP contribution in [-0.4, -0.2) is 50.8 Å². The third-order valence-corrected chi connectivity index (χ3v) is 6.90. The quantitative estimate of drug-likeness (QED) is 0.647. The number of carbonyl (C=O) groups is 1. The Morgan fingerprint density at radius 2 is 1.80 bits per heavy atom. The Labute approximate surface area is 179 Å². The highest BCUT2D eigenvalue weighted by Gasteiger charge is 2.55. The van der Waals surface area contributed by atoms with E-state index in [1.165, 1.54) is 5.56 Å². The van der Waals surface area contributed by atoms with Crippen LogP contribution in [-0.2, 0) is 21.5 Å². The Balaban J connectivity index is 1.34. The third-order valence-electron chi connectivity index (χ3n) is 6.90. The van der Waals surface area contributed by atoms with Gasteiger partial charge >= 0.3 is 0 Å². The van der Waals surface area contributed by atoms with Crippen LogP contribution in [0.4, 0.5) is 0 Å². The number of nitrogens with zero attached hydrogens (tertiary/aromatic N) is 1. The molecule has 160 valence electrons. The van der Waals surface area contributed by atoms with E-state index in [-0.39, 0.29) is 11.5 Å². The average molecular weight is 409 g/mol. The number of carbonyl (C=O) groups excluding carboxylic acids is 1. The van der Waals surface area contributed by atoms with Crippen molar-refractivity contribution in [2.75, 3.05) is 40.0 Å². The normalized spacial score (nSPS) is 26.0. The maximum absolute atomic E-state index is 11.7. The monoisotopic (exact) mass is 408 g/mol. The van der Waals surface area contributed by atoms with Crippen molar-refractivity contribution in [3.8, 4) is 0 Å². The lowest BCUT2D eigenvalue weighted by Gasteiger charge is -2.47. The summed E-state index contributed by atoms with van der Waals surface area (Å²) in [5.41, 5.74) is 8.16. The Bertz CT molecular complexity index is 840. The van der Waals surface area contributed by atoms with Gasteiger partial charge in [-0.05, 0) is 42.5 Å². The molecule has 0 aromatic heterocycles. The van der Waals surface area contributed by atoms with Crippen molar-refractivity contribution in [1.82, 2.24) is 4.90 Å². The van der Waals surface area contributed by atoms with E-state index in [9.17, 15) is 4.79 Å². The summed E-state index contributed by atoms with van der Waals surface area (Å²) in [6, 6.07) is 18.2. The second-order valence-corrected chi connectivity index (χ2v) is 8.52. The Kier molecular flexibility index (Phi) is 6.52. The minimum absolute atomic E-state index is 0.323. The molecule has 2 bridgehead atoms. The van der Waals surface area contributed by atoms with Gasteiger partial charge < -0.3 is 20.1 Å². The predicted molar refractivity (Wildman–Crippen MR) is 117 cm³/mol. The van der Waals surface area contributed by atoms with Crippen molar-refractivity contribution >= 4 is 5.91 Å². The van der Waals surface area contributed by atoms with Crippen molar-refractivity contribution in [1.29, 1.82) is 0 Å². The second-order valence-electron chi connectivity index (χ2n) is 8.52. The number of hydrogen-bond acceptors (Lipinski definition) is 4. The molecule has 2 N–H and O–H groups in total. The molecule has 2 fully saturated rings. The first kappa shape index (κ1) is 21.0. The highest BCUT2D eigenvalue weighted by molar-refractivity contribution is 5.92. The van der Waals surface area contributed by atoms with E-state index in [1.54, 1.807) is 6.07 Å². The van der Waals surface area contributed by atoms with Gasteiger partial charge in [-0.25, -0.2) is 0 Å². The van der Waals surface area contributed by atoms with E-state index in [0.29, 0.717) is 17.4 Å². The first-order chi connectivity index (χ1) is 14.6. The van der Waals surface area contributed by atoms with Gasteiger partial charge in [0.25, 0.3) is 0 Å². The molecule has 2 aromatic rings. The minimum Gasteiger partial charge on any atom is -0.380 e.